The first-order valence-electron chi connectivity index (χ1n) is 7.57. The minimum absolute atomic E-state index is 0. The van der Waals surface area contributed by atoms with Crippen LogP contribution in [-0.2, 0) is 4.79 Å². The summed E-state index contributed by atoms with van der Waals surface area (Å²) in [6, 6.07) is 4.48. The van der Waals surface area contributed by atoms with E-state index in [1.807, 2.05) is 0 Å². The normalized spacial score (nSPS) is 12.8. The number of hydrogen-bond donors (Lipinski definition) is 2. The second-order valence-corrected chi connectivity index (χ2v) is 5.67. The van der Waals surface area contributed by atoms with Crippen molar-refractivity contribution in [3.05, 3.63) is 35.1 Å². The smallest absolute Gasteiger partial charge is 0.350 e. The number of guanidine groups is 1. The summed E-state index contributed by atoms with van der Waals surface area (Å²) in [6.07, 6.45) is -4.45. The van der Waals surface area contributed by atoms with Crippen molar-refractivity contribution in [2.45, 2.75) is 26.1 Å². The summed E-state index contributed by atoms with van der Waals surface area (Å²) >= 11 is 0. The van der Waals surface area contributed by atoms with Crippen LogP contribution >= 0.6 is 24.0 Å². The van der Waals surface area contributed by atoms with Crippen molar-refractivity contribution in [1.29, 1.82) is 0 Å². The fourth-order valence-electron chi connectivity index (χ4n) is 2.01. The van der Waals surface area contributed by atoms with E-state index in [1.54, 1.807) is 26.0 Å². The van der Waals surface area contributed by atoms with E-state index < -0.39 is 18.6 Å². The van der Waals surface area contributed by atoms with Gasteiger partial charge in [0.2, 0.25) is 5.91 Å². The summed E-state index contributed by atoms with van der Waals surface area (Å²) < 4.78 is 50.4. The zero-order chi connectivity index (χ0) is 19.2. The lowest BCUT2D eigenvalue weighted by Gasteiger charge is -2.21. The Labute approximate surface area is 167 Å². The van der Waals surface area contributed by atoms with Crippen LogP contribution in [0.1, 0.15) is 24.1 Å². The summed E-state index contributed by atoms with van der Waals surface area (Å²) in [7, 11) is 2.53. The maximum atomic E-state index is 13.6. The molecule has 1 rings (SSSR count). The van der Waals surface area contributed by atoms with E-state index >= 15 is 0 Å². The Kier molecular flexibility index (Phi) is 9.89. The third kappa shape index (κ3) is 8.19. The van der Waals surface area contributed by atoms with E-state index in [0.717, 1.165) is 7.05 Å². The Morgan fingerprint density at radius 3 is 2.46 bits per heavy atom. The van der Waals surface area contributed by atoms with Gasteiger partial charge in [0, 0.05) is 14.1 Å². The number of nitrogens with zero attached hydrogens (tertiary/aromatic N) is 2. The van der Waals surface area contributed by atoms with Crippen molar-refractivity contribution in [2.75, 3.05) is 27.2 Å². The van der Waals surface area contributed by atoms with E-state index in [0.29, 0.717) is 16.0 Å². The number of alkyl halides is 3. The highest BCUT2D eigenvalue weighted by molar-refractivity contribution is 14.0. The van der Waals surface area contributed by atoms with Crippen LogP contribution in [-0.4, -0.2) is 50.1 Å². The van der Waals surface area contributed by atoms with Gasteiger partial charge in [-0.05, 0) is 31.0 Å². The van der Waals surface area contributed by atoms with Gasteiger partial charge in [-0.1, -0.05) is 12.1 Å². The van der Waals surface area contributed by atoms with Gasteiger partial charge in [-0.3, -0.25) is 9.79 Å². The Hall–Kier alpha value is -1.59. The molecule has 0 saturated heterocycles. The predicted octanol–water partition coefficient (Wildman–Crippen LogP) is 3.00. The minimum Gasteiger partial charge on any atom is -0.350 e. The van der Waals surface area contributed by atoms with Crippen LogP contribution in [0, 0.1) is 12.7 Å². The molecule has 1 aromatic carbocycles. The number of aliphatic imine (C=N–C) groups is 1. The fourth-order valence-corrected chi connectivity index (χ4v) is 2.01. The first-order valence-corrected chi connectivity index (χ1v) is 7.57. The molecular formula is C16H23F4IN4O. The molecular weight excluding hydrogens is 467 g/mol. The monoisotopic (exact) mass is 490 g/mol. The first-order chi connectivity index (χ1) is 11.5. The molecule has 0 spiro atoms. The van der Waals surface area contributed by atoms with E-state index in [4.69, 9.17) is 0 Å². The number of halogens is 5. The number of rotatable bonds is 5. The molecule has 1 aromatic rings. The van der Waals surface area contributed by atoms with Crippen molar-refractivity contribution in [1.82, 2.24) is 15.5 Å². The number of aryl methyl sites for hydroxylation is 1. The quantitative estimate of drug-likeness (QED) is 0.289. The molecule has 1 amide bonds. The van der Waals surface area contributed by atoms with Crippen molar-refractivity contribution < 1.29 is 22.4 Å². The highest BCUT2D eigenvalue weighted by atomic mass is 127. The van der Waals surface area contributed by atoms with Gasteiger partial charge in [0.1, 0.15) is 12.4 Å². The SMILES string of the molecule is CN=C(NCC(=O)N(C)CC(F)(F)F)NC(C)c1ccc(C)c(F)c1.I. The molecule has 0 aromatic heterocycles. The summed E-state index contributed by atoms with van der Waals surface area (Å²) in [4.78, 5) is 16.2. The van der Waals surface area contributed by atoms with Crippen LogP contribution in [0.3, 0.4) is 0 Å². The molecule has 148 valence electrons. The average molecular weight is 490 g/mol. The number of likely N-dealkylation sites (N-methyl/N-ethyl adjacent to an activating group) is 1. The van der Waals surface area contributed by atoms with Crippen LogP contribution in [0.2, 0.25) is 0 Å². The first kappa shape index (κ1) is 24.4. The van der Waals surface area contributed by atoms with Gasteiger partial charge in [-0.15, -0.1) is 24.0 Å². The highest BCUT2D eigenvalue weighted by Crippen LogP contribution is 2.16. The Morgan fingerprint density at radius 1 is 1.35 bits per heavy atom. The third-order valence-electron chi connectivity index (χ3n) is 3.52. The molecule has 1 atom stereocenters. The predicted molar refractivity (Wildman–Crippen MR) is 103 cm³/mol. The molecule has 0 aliphatic carbocycles. The topological polar surface area (TPSA) is 56.7 Å². The minimum atomic E-state index is -4.45. The van der Waals surface area contributed by atoms with Gasteiger partial charge in [0.25, 0.3) is 0 Å². The lowest BCUT2D eigenvalue weighted by Crippen LogP contribution is -2.46. The van der Waals surface area contributed by atoms with Gasteiger partial charge in [-0.25, -0.2) is 4.39 Å². The number of carbonyl (C=O) groups is 1. The van der Waals surface area contributed by atoms with E-state index in [9.17, 15) is 22.4 Å². The molecule has 0 fully saturated rings. The van der Waals surface area contributed by atoms with Crippen molar-refractivity contribution >= 4 is 35.8 Å². The molecule has 0 radical (unpaired) electrons. The second-order valence-electron chi connectivity index (χ2n) is 5.67. The third-order valence-corrected chi connectivity index (χ3v) is 3.52. The summed E-state index contributed by atoms with van der Waals surface area (Å²) in [5.41, 5.74) is 1.20. The molecule has 2 N–H and O–H groups in total. The molecule has 0 saturated carbocycles. The number of nitrogens with one attached hydrogen (secondary N) is 2. The molecule has 10 heteroatoms. The molecule has 0 bridgehead atoms. The summed E-state index contributed by atoms with van der Waals surface area (Å²) in [6.45, 7) is 1.76. The summed E-state index contributed by atoms with van der Waals surface area (Å²) in [5.74, 6) is -0.838. The highest BCUT2D eigenvalue weighted by Gasteiger charge is 2.31. The van der Waals surface area contributed by atoms with E-state index in [-0.39, 0.29) is 48.3 Å². The van der Waals surface area contributed by atoms with Crippen molar-refractivity contribution in [3.8, 4) is 0 Å². The van der Waals surface area contributed by atoms with Gasteiger partial charge in [-0.2, -0.15) is 13.2 Å². The zero-order valence-corrected chi connectivity index (χ0v) is 17.3. The average Bonchev–Trinajstić information content (AvgIpc) is 2.51. The maximum Gasteiger partial charge on any atom is 0.406 e. The number of benzene rings is 1. The van der Waals surface area contributed by atoms with Crippen LogP contribution in [0.4, 0.5) is 17.6 Å². The Bertz CT molecular complexity index is 637. The number of carbonyl (C=O) groups excluding carboxylic acids is 1. The van der Waals surface area contributed by atoms with Crippen LogP contribution in [0.5, 0.6) is 0 Å². The number of hydrogen-bond acceptors (Lipinski definition) is 2. The van der Waals surface area contributed by atoms with Crippen molar-refractivity contribution in [3.63, 3.8) is 0 Å². The molecule has 1 unspecified atom stereocenters. The molecule has 0 aliphatic heterocycles. The lowest BCUT2D eigenvalue weighted by molar-refractivity contribution is -0.157. The fraction of sp³-hybridized carbons (Fsp3) is 0.500. The Balaban J connectivity index is 0.00000625. The molecule has 0 aliphatic rings. The largest absolute Gasteiger partial charge is 0.406 e. The van der Waals surface area contributed by atoms with Crippen LogP contribution < -0.4 is 10.6 Å². The van der Waals surface area contributed by atoms with Crippen LogP contribution in [0.15, 0.2) is 23.2 Å². The van der Waals surface area contributed by atoms with Gasteiger partial charge >= 0.3 is 6.18 Å². The van der Waals surface area contributed by atoms with Crippen molar-refractivity contribution in [2.24, 2.45) is 4.99 Å². The Morgan fingerprint density at radius 2 is 1.96 bits per heavy atom. The van der Waals surface area contributed by atoms with Gasteiger partial charge in [0.15, 0.2) is 5.96 Å². The standard InChI is InChI=1S/C16H22F4N4O.HI/c1-10-5-6-12(7-13(10)17)11(2)23-15(21-3)22-8-14(25)24(4)9-16(18,19)20;/h5-7,11H,8-9H2,1-4H3,(H2,21,22,23);1H. The van der Waals surface area contributed by atoms with Crippen LogP contribution in [0.25, 0.3) is 0 Å². The van der Waals surface area contributed by atoms with E-state index in [1.165, 1.54) is 13.1 Å². The maximum absolute atomic E-state index is 13.6. The zero-order valence-electron chi connectivity index (χ0n) is 14.9. The number of amides is 1. The molecule has 5 nitrogen and oxygen atoms in total. The molecule has 26 heavy (non-hydrogen) atoms. The van der Waals surface area contributed by atoms with E-state index in [2.05, 4.69) is 15.6 Å². The molecule has 0 heterocycles. The summed E-state index contributed by atoms with van der Waals surface area (Å²) in [5, 5.41) is 5.60. The second kappa shape index (κ2) is 10.5. The van der Waals surface area contributed by atoms with Gasteiger partial charge in [0.05, 0.1) is 12.6 Å². The van der Waals surface area contributed by atoms with Gasteiger partial charge < -0.3 is 15.5 Å². The lowest BCUT2D eigenvalue weighted by atomic mass is 10.1.